The fourth-order valence-electron chi connectivity index (χ4n) is 7.84. The summed E-state index contributed by atoms with van der Waals surface area (Å²) in [6.45, 7) is 0. The molecule has 0 aliphatic carbocycles. The Morgan fingerprint density at radius 2 is 0.945 bits per heavy atom. The molecular weight excluding hydrogens is 679 g/mol. The molecule has 6 heteroatoms. The lowest BCUT2D eigenvalue weighted by molar-refractivity contribution is 0.620. The molecule has 0 aliphatic rings. The van der Waals surface area contributed by atoms with Crippen LogP contribution in [0.3, 0.4) is 0 Å². The topological polar surface area (TPSA) is 58.8 Å². The monoisotopic (exact) mass is 709 g/mol. The Balaban J connectivity index is 1.24. The second-order valence-electron chi connectivity index (χ2n) is 13.5. The van der Waals surface area contributed by atoms with E-state index in [0.717, 1.165) is 83.6 Å². The number of oxazole rings is 1. The summed E-state index contributed by atoms with van der Waals surface area (Å²) >= 11 is 0. The number of para-hydroxylation sites is 5. The Bertz CT molecular complexity index is 3170. The first-order chi connectivity index (χ1) is 27.3. The van der Waals surface area contributed by atoms with Crippen LogP contribution < -0.4 is 9.80 Å². The van der Waals surface area contributed by atoms with Gasteiger partial charge in [-0.1, -0.05) is 109 Å². The van der Waals surface area contributed by atoms with Crippen LogP contribution in [-0.4, -0.2) is 4.98 Å². The van der Waals surface area contributed by atoms with Crippen molar-refractivity contribution in [2.75, 3.05) is 9.80 Å². The van der Waals surface area contributed by atoms with Crippen molar-refractivity contribution < 1.29 is 13.3 Å². The number of fused-ring (bicyclic) bond motifs is 7. The SMILES string of the molecule is c1ccc(-c2nc3cc(N(c4ccccc4)c4cccc5c4oc4ccccc45)cc(N(c4ccccc4)c4cccc5oc6ccccc6c45)c3o2)cc1. The largest absolute Gasteiger partial charge is 0.456 e. The van der Waals surface area contributed by atoms with Crippen molar-refractivity contribution in [2.24, 2.45) is 0 Å². The third-order valence-electron chi connectivity index (χ3n) is 10.2. The summed E-state index contributed by atoms with van der Waals surface area (Å²) in [4.78, 5) is 9.70. The zero-order valence-corrected chi connectivity index (χ0v) is 29.5. The van der Waals surface area contributed by atoms with Gasteiger partial charge in [-0.25, -0.2) is 4.98 Å². The lowest BCUT2D eigenvalue weighted by Gasteiger charge is -2.29. The maximum absolute atomic E-state index is 6.83. The summed E-state index contributed by atoms with van der Waals surface area (Å²) in [5.41, 5.74) is 11.1. The van der Waals surface area contributed by atoms with Crippen LogP contribution in [0.25, 0.3) is 66.4 Å². The quantitative estimate of drug-likeness (QED) is 0.164. The van der Waals surface area contributed by atoms with Gasteiger partial charge in [-0.15, -0.1) is 0 Å². The van der Waals surface area contributed by atoms with Gasteiger partial charge < -0.3 is 23.1 Å². The Morgan fingerprint density at radius 1 is 0.364 bits per heavy atom. The van der Waals surface area contributed by atoms with Crippen molar-refractivity contribution in [3.63, 3.8) is 0 Å². The first kappa shape index (κ1) is 31.0. The van der Waals surface area contributed by atoms with Crippen molar-refractivity contribution in [1.82, 2.24) is 4.98 Å². The Kier molecular flexibility index (Phi) is 7.07. The molecule has 8 aromatic carbocycles. The minimum absolute atomic E-state index is 0.541. The zero-order valence-electron chi connectivity index (χ0n) is 29.5. The predicted molar refractivity (Wildman–Crippen MR) is 223 cm³/mol. The van der Waals surface area contributed by atoms with Gasteiger partial charge in [-0.2, -0.15) is 0 Å². The summed E-state index contributed by atoms with van der Waals surface area (Å²) in [5, 5.41) is 4.16. The van der Waals surface area contributed by atoms with Gasteiger partial charge in [0.05, 0.1) is 28.1 Å². The van der Waals surface area contributed by atoms with Crippen LogP contribution in [-0.2, 0) is 0 Å². The highest BCUT2D eigenvalue weighted by molar-refractivity contribution is 6.15. The third-order valence-corrected chi connectivity index (χ3v) is 10.2. The van der Waals surface area contributed by atoms with E-state index in [0.29, 0.717) is 17.0 Å². The van der Waals surface area contributed by atoms with Crippen molar-refractivity contribution >= 4 is 89.1 Å². The smallest absolute Gasteiger partial charge is 0.227 e. The maximum atomic E-state index is 6.83. The molecule has 0 saturated carbocycles. The first-order valence-corrected chi connectivity index (χ1v) is 18.3. The van der Waals surface area contributed by atoms with Crippen molar-refractivity contribution in [1.29, 1.82) is 0 Å². The lowest BCUT2D eigenvalue weighted by atomic mass is 10.1. The van der Waals surface area contributed by atoms with Gasteiger partial charge in [0, 0.05) is 33.1 Å². The van der Waals surface area contributed by atoms with Gasteiger partial charge in [0.25, 0.3) is 0 Å². The number of rotatable bonds is 7. The Labute approximate surface area is 315 Å². The van der Waals surface area contributed by atoms with Crippen LogP contribution in [0.5, 0.6) is 0 Å². The Hall–Kier alpha value is -7.57. The molecule has 0 unspecified atom stereocenters. The highest BCUT2D eigenvalue weighted by Gasteiger charge is 2.27. The lowest BCUT2D eigenvalue weighted by Crippen LogP contribution is -2.14. The van der Waals surface area contributed by atoms with Gasteiger partial charge in [0.15, 0.2) is 11.2 Å². The molecule has 0 fully saturated rings. The van der Waals surface area contributed by atoms with Gasteiger partial charge in [-0.05, 0) is 78.9 Å². The highest BCUT2D eigenvalue weighted by atomic mass is 16.4. The summed E-state index contributed by atoms with van der Waals surface area (Å²) in [6, 6.07) is 64.1. The second-order valence-corrected chi connectivity index (χ2v) is 13.5. The van der Waals surface area contributed by atoms with E-state index in [9.17, 15) is 0 Å². The fraction of sp³-hybridized carbons (Fsp3) is 0. The molecular formula is C49H31N3O3. The van der Waals surface area contributed by atoms with Gasteiger partial charge in [0.2, 0.25) is 5.89 Å². The summed E-state index contributed by atoms with van der Waals surface area (Å²) in [7, 11) is 0. The molecule has 0 N–H and O–H groups in total. The van der Waals surface area contributed by atoms with Crippen LogP contribution >= 0.6 is 0 Å². The van der Waals surface area contributed by atoms with Crippen LogP contribution in [0.4, 0.5) is 34.1 Å². The minimum Gasteiger partial charge on any atom is -0.456 e. The van der Waals surface area contributed by atoms with Crippen molar-refractivity contribution in [3.05, 3.63) is 188 Å². The second kappa shape index (κ2) is 12.5. The average molecular weight is 710 g/mol. The number of hydrogen-bond acceptors (Lipinski definition) is 6. The van der Waals surface area contributed by atoms with Gasteiger partial charge in [-0.3, -0.25) is 0 Å². The number of anilines is 6. The number of benzene rings is 8. The van der Waals surface area contributed by atoms with Crippen molar-refractivity contribution in [3.8, 4) is 11.5 Å². The molecule has 0 atom stereocenters. The summed E-state index contributed by atoms with van der Waals surface area (Å²) < 4.78 is 19.9. The van der Waals surface area contributed by atoms with Gasteiger partial charge in [0.1, 0.15) is 22.3 Å². The molecule has 0 aliphatic heterocycles. The van der Waals surface area contributed by atoms with Gasteiger partial charge >= 0.3 is 0 Å². The molecule has 260 valence electrons. The number of aromatic nitrogens is 1. The van der Waals surface area contributed by atoms with E-state index in [1.165, 1.54) is 0 Å². The van der Waals surface area contributed by atoms with E-state index in [-0.39, 0.29) is 0 Å². The minimum atomic E-state index is 0.541. The molecule has 55 heavy (non-hydrogen) atoms. The van der Waals surface area contributed by atoms with Crippen LogP contribution in [0.2, 0.25) is 0 Å². The van der Waals surface area contributed by atoms with E-state index in [1.807, 2.05) is 78.9 Å². The molecule has 0 radical (unpaired) electrons. The summed E-state index contributed by atoms with van der Waals surface area (Å²) in [6.07, 6.45) is 0. The normalized spacial score (nSPS) is 11.6. The number of furan rings is 2. The maximum Gasteiger partial charge on any atom is 0.227 e. The fourth-order valence-corrected chi connectivity index (χ4v) is 7.84. The standard InChI is InChI=1S/C49H31N3O3/c1-4-16-32(17-5-1)49-50-39-30-35(51(33-18-6-2-7-19-33)41-26-14-24-37-36-22-10-12-27-43(36)54-47(37)41)31-42(48(39)55-49)52(34-20-8-3-9-21-34)40-25-15-29-45-46(40)38-23-11-13-28-44(38)53-45/h1-31H. The number of hydrogen-bond donors (Lipinski definition) is 0. The van der Waals surface area contributed by atoms with Crippen LogP contribution in [0.1, 0.15) is 0 Å². The average Bonchev–Trinajstić information content (AvgIpc) is 3.97. The Morgan fingerprint density at radius 3 is 1.71 bits per heavy atom. The van der Waals surface area contributed by atoms with Crippen molar-refractivity contribution in [2.45, 2.75) is 0 Å². The molecule has 0 spiro atoms. The third kappa shape index (κ3) is 5.07. The van der Waals surface area contributed by atoms with Crippen LogP contribution in [0.15, 0.2) is 201 Å². The molecule has 11 rings (SSSR count). The zero-order chi connectivity index (χ0) is 36.3. The highest BCUT2D eigenvalue weighted by Crippen LogP contribution is 2.49. The number of nitrogens with zero attached hydrogens (tertiary/aromatic N) is 3. The molecule has 6 nitrogen and oxygen atoms in total. The van der Waals surface area contributed by atoms with E-state index < -0.39 is 0 Å². The molecule has 0 amide bonds. The molecule has 11 aromatic rings. The molecule has 0 bridgehead atoms. The predicted octanol–water partition coefficient (Wildman–Crippen LogP) is 14.2. The van der Waals surface area contributed by atoms with E-state index in [1.54, 1.807) is 0 Å². The van der Waals surface area contributed by atoms with Crippen LogP contribution in [0, 0.1) is 0 Å². The molecule has 3 heterocycles. The van der Waals surface area contributed by atoms with E-state index >= 15 is 0 Å². The molecule has 3 aromatic heterocycles. The summed E-state index contributed by atoms with van der Waals surface area (Å²) in [5.74, 6) is 0.541. The first-order valence-electron chi connectivity index (χ1n) is 18.3. The molecule has 0 saturated heterocycles. The van der Waals surface area contributed by atoms with E-state index in [4.69, 9.17) is 18.2 Å². The van der Waals surface area contributed by atoms with E-state index in [2.05, 4.69) is 119 Å².